The predicted molar refractivity (Wildman–Crippen MR) is 140 cm³/mol. The van der Waals surface area contributed by atoms with Crippen LogP contribution >= 0.6 is 0 Å². The lowest BCUT2D eigenvalue weighted by atomic mass is 10.3. The number of benzene rings is 2. The summed E-state index contributed by atoms with van der Waals surface area (Å²) in [7, 11) is -1.33. The molecule has 0 unspecified atom stereocenters. The lowest BCUT2D eigenvalue weighted by molar-refractivity contribution is 0.205. The van der Waals surface area contributed by atoms with E-state index in [4.69, 9.17) is 0 Å². The van der Waals surface area contributed by atoms with Gasteiger partial charge in [-0.15, -0.1) is 0 Å². The minimum absolute atomic E-state index is 0.126. The molecule has 2 aromatic rings. The highest BCUT2D eigenvalue weighted by Gasteiger charge is 2.23. The molecule has 0 aliphatic carbocycles. The summed E-state index contributed by atoms with van der Waals surface area (Å²) in [5, 5.41) is 5.53. The lowest BCUT2D eigenvalue weighted by Gasteiger charge is -2.23. The summed E-state index contributed by atoms with van der Waals surface area (Å²) in [6.07, 6.45) is 0.570. The second-order valence-corrected chi connectivity index (χ2v) is 13.1. The van der Waals surface area contributed by atoms with Crippen molar-refractivity contribution >= 4 is 43.5 Å². The summed E-state index contributed by atoms with van der Waals surface area (Å²) in [4.78, 5) is 29.0. The number of nitrogens with zero attached hydrogens (tertiary/aromatic N) is 4. The van der Waals surface area contributed by atoms with E-state index in [1.54, 1.807) is 9.80 Å². The molecule has 1 aliphatic rings. The van der Waals surface area contributed by atoms with E-state index in [1.807, 2.05) is 0 Å². The molecule has 0 aromatic heterocycles. The minimum atomic E-state index is -3.56. The monoisotopic (exact) mass is 552 g/mol. The fourth-order valence-electron chi connectivity index (χ4n) is 3.57. The van der Waals surface area contributed by atoms with Gasteiger partial charge in [0.25, 0.3) is 0 Å². The molecule has 4 amide bonds. The zero-order valence-corrected chi connectivity index (χ0v) is 22.8. The SMILES string of the molecule is CN(C)S(=O)(=O)c1ccc(NC(=O)N2CCCN(C(=O)Nc3ccc(S(=O)(=O)N(C)C)cc3)CC2)cc1. The number of hydrogen-bond donors (Lipinski definition) is 2. The van der Waals surface area contributed by atoms with Crippen molar-refractivity contribution in [3.05, 3.63) is 48.5 Å². The van der Waals surface area contributed by atoms with Gasteiger partial charge in [0.15, 0.2) is 0 Å². The van der Waals surface area contributed by atoms with Gasteiger partial charge in [-0.25, -0.2) is 35.0 Å². The Balaban J connectivity index is 1.55. The van der Waals surface area contributed by atoms with Crippen LogP contribution in [-0.2, 0) is 20.0 Å². The van der Waals surface area contributed by atoms with Crippen LogP contribution in [0.15, 0.2) is 58.3 Å². The van der Waals surface area contributed by atoms with Gasteiger partial charge in [0, 0.05) is 65.7 Å². The van der Waals surface area contributed by atoms with Crippen molar-refractivity contribution in [3.63, 3.8) is 0 Å². The van der Waals surface area contributed by atoms with Crippen LogP contribution < -0.4 is 10.6 Å². The Morgan fingerprint density at radius 3 is 1.24 bits per heavy atom. The maximum atomic E-state index is 12.8. The smallest absolute Gasteiger partial charge is 0.321 e. The molecular weight excluding hydrogens is 520 g/mol. The maximum Gasteiger partial charge on any atom is 0.321 e. The van der Waals surface area contributed by atoms with Gasteiger partial charge in [0.2, 0.25) is 20.0 Å². The lowest BCUT2D eigenvalue weighted by Crippen LogP contribution is -2.40. The number of amides is 4. The van der Waals surface area contributed by atoms with Crippen LogP contribution in [0.5, 0.6) is 0 Å². The van der Waals surface area contributed by atoms with E-state index < -0.39 is 20.0 Å². The molecule has 0 atom stereocenters. The van der Waals surface area contributed by atoms with Crippen LogP contribution in [0.1, 0.15) is 6.42 Å². The third-order valence-corrected chi connectivity index (χ3v) is 9.50. The Bertz CT molecular complexity index is 1220. The predicted octanol–water partition coefficient (Wildman–Crippen LogP) is 1.96. The van der Waals surface area contributed by atoms with Crippen molar-refractivity contribution in [1.82, 2.24) is 18.4 Å². The molecule has 37 heavy (non-hydrogen) atoms. The van der Waals surface area contributed by atoms with E-state index >= 15 is 0 Å². The zero-order chi connectivity index (χ0) is 27.4. The molecule has 0 bridgehead atoms. The van der Waals surface area contributed by atoms with E-state index in [-0.39, 0.29) is 21.9 Å². The Morgan fingerprint density at radius 1 is 0.622 bits per heavy atom. The van der Waals surface area contributed by atoms with Gasteiger partial charge in [-0.2, -0.15) is 0 Å². The Hall–Kier alpha value is -3.20. The van der Waals surface area contributed by atoms with Gasteiger partial charge >= 0.3 is 12.1 Å². The van der Waals surface area contributed by atoms with Crippen molar-refractivity contribution in [2.75, 3.05) is 65.0 Å². The number of hydrogen-bond acceptors (Lipinski definition) is 6. The second kappa shape index (κ2) is 11.5. The first kappa shape index (κ1) is 28.4. The van der Waals surface area contributed by atoms with Gasteiger partial charge in [-0.1, -0.05) is 0 Å². The maximum absolute atomic E-state index is 12.8. The summed E-state index contributed by atoms with van der Waals surface area (Å²) >= 11 is 0. The first-order valence-corrected chi connectivity index (χ1v) is 14.4. The van der Waals surface area contributed by atoms with Crippen molar-refractivity contribution in [3.8, 4) is 0 Å². The van der Waals surface area contributed by atoms with E-state index in [2.05, 4.69) is 10.6 Å². The van der Waals surface area contributed by atoms with E-state index in [1.165, 1.54) is 76.7 Å². The standard InChI is InChI=1S/C23H32N6O6S2/c1-26(2)36(32,33)20-10-6-18(7-11-20)24-22(30)28-14-5-15-29(17-16-28)23(31)25-19-8-12-21(13-9-19)37(34,35)27(3)4/h6-13H,5,14-17H2,1-4H3,(H,24,30)(H,25,31). The highest BCUT2D eigenvalue weighted by atomic mass is 32.2. The number of rotatable bonds is 6. The molecule has 1 aliphatic heterocycles. The van der Waals surface area contributed by atoms with Gasteiger partial charge in [-0.3, -0.25) is 0 Å². The fraction of sp³-hybridized carbons (Fsp3) is 0.391. The summed E-state index contributed by atoms with van der Waals surface area (Å²) in [6.45, 7) is 1.51. The molecule has 0 spiro atoms. The molecule has 2 aromatic carbocycles. The Kier molecular flexibility index (Phi) is 8.79. The first-order chi connectivity index (χ1) is 17.3. The van der Waals surface area contributed by atoms with Crippen LogP contribution in [-0.4, -0.2) is 102 Å². The molecule has 2 N–H and O–H groups in total. The van der Waals surface area contributed by atoms with Gasteiger partial charge in [-0.05, 0) is 55.0 Å². The van der Waals surface area contributed by atoms with Crippen LogP contribution in [0.2, 0.25) is 0 Å². The van der Waals surface area contributed by atoms with Crippen molar-refractivity contribution in [2.45, 2.75) is 16.2 Å². The number of nitrogens with one attached hydrogen (secondary N) is 2. The molecule has 1 fully saturated rings. The summed E-state index contributed by atoms with van der Waals surface area (Å²) in [6, 6.07) is 11.2. The largest absolute Gasteiger partial charge is 0.323 e. The van der Waals surface area contributed by atoms with Gasteiger partial charge in [0.1, 0.15) is 0 Å². The highest BCUT2D eigenvalue weighted by Crippen LogP contribution is 2.19. The quantitative estimate of drug-likeness (QED) is 0.562. The molecule has 0 saturated carbocycles. The second-order valence-electron chi connectivity index (χ2n) is 8.81. The summed E-state index contributed by atoms with van der Waals surface area (Å²) < 4.78 is 51.0. The third-order valence-electron chi connectivity index (χ3n) is 5.84. The fourth-order valence-corrected chi connectivity index (χ4v) is 5.37. The van der Waals surface area contributed by atoms with Crippen LogP contribution in [0.4, 0.5) is 21.0 Å². The summed E-state index contributed by atoms with van der Waals surface area (Å²) in [5.41, 5.74) is 0.919. The van der Waals surface area contributed by atoms with Crippen molar-refractivity contribution < 1.29 is 26.4 Å². The van der Waals surface area contributed by atoms with E-state index in [0.29, 0.717) is 44.0 Å². The van der Waals surface area contributed by atoms with Crippen LogP contribution in [0, 0.1) is 0 Å². The topological polar surface area (TPSA) is 139 Å². The number of sulfonamides is 2. The molecule has 12 nitrogen and oxygen atoms in total. The van der Waals surface area contributed by atoms with Crippen LogP contribution in [0.25, 0.3) is 0 Å². The average molecular weight is 553 g/mol. The number of carbonyl (C=O) groups excluding carboxylic acids is 2. The van der Waals surface area contributed by atoms with Crippen LogP contribution in [0.3, 0.4) is 0 Å². The number of carbonyl (C=O) groups is 2. The molecule has 14 heteroatoms. The minimum Gasteiger partial charge on any atom is -0.323 e. The molecular formula is C23H32N6O6S2. The average Bonchev–Trinajstić information content (AvgIpc) is 3.11. The first-order valence-electron chi connectivity index (χ1n) is 11.5. The van der Waals surface area contributed by atoms with E-state index in [9.17, 15) is 26.4 Å². The highest BCUT2D eigenvalue weighted by molar-refractivity contribution is 7.89. The Labute approximate surface area is 217 Å². The zero-order valence-electron chi connectivity index (χ0n) is 21.2. The molecule has 1 heterocycles. The van der Waals surface area contributed by atoms with Gasteiger partial charge in [0.05, 0.1) is 9.79 Å². The summed E-state index contributed by atoms with van der Waals surface area (Å²) in [5.74, 6) is 0. The number of anilines is 2. The van der Waals surface area contributed by atoms with Crippen molar-refractivity contribution in [2.24, 2.45) is 0 Å². The van der Waals surface area contributed by atoms with Gasteiger partial charge < -0.3 is 20.4 Å². The molecule has 0 radical (unpaired) electrons. The van der Waals surface area contributed by atoms with Crippen molar-refractivity contribution in [1.29, 1.82) is 0 Å². The molecule has 1 saturated heterocycles. The number of urea groups is 2. The van der Waals surface area contributed by atoms with E-state index in [0.717, 1.165) is 8.61 Å². The normalized spacial score (nSPS) is 15.0. The molecule has 202 valence electrons. The third kappa shape index (κ3) is 6.77. The molecule has 3 rings (SSSR count). The Morgan fingerprint density at radius 2 is 0.946 bits per heavy atom.